The van der Waals surface area contributed by atoms with Crippen LogP contribution in [0.3, 0.4) is 0 Å². The molecule has 0 aliphatic rings. The number of carbonyl (C=O) groups excluding carboxylic acids is 1. The minimum absolute atomic E-state index is 0. The number of hydrogen-bond donors (Lipinski definition) is 0. The van der Waals surface area contributed by atoms with Gasteiger partial charge in [0.1, 0.15) is 5.75 Å². The summed E-state index contributed by atoms with van der Waals surface area (Å²) in [6.45, 7) is 14.0. The summed E-state index contributed by atoms with van der Waals surface area (Å²) in [5, 5.41) is 0.607. The van der Waals surface area contributed by atoms with Crippen molar-refractivity contribution in [3.8, 4) is 5.75 Å². The van der Waals surface area contributed by atoms with Crippen LogP contribution in [-0.2, 0) is 10.0 Å². The second-order valence-corrected chi connectivity index (χ2v) is 11.1. The summed E-state index contributed by atoms with van der Waals surface area (Å²) >= 11 is 1.45. The van der Waals surface area contributed by atoms with E-state index in [0.29, 0.717) is 43.5 Å². The van der Waals surface area contributed by atoms with Crippen molar-refractivity contribution >= 4 is 55.0 Å². The number of anilines is 1. The number of aromatic nitrogens is 1. The Labute approximate surface area is 230 Å². The summed E-state index contributed by atoms with van der Waals surface area (Å²) in [6.07, 6.45) is 0. The summed E-state index contributed by atoms with van der Waals surface area (Å²) in [7, 11) is -3.59. The fourth-order valence-electron chi connectivity index (χ4n) is 3.97. The molecular weight excluding hydrogens is 532 g/mol. The van der Waals surface area contributed by atoms with Crippen LogP contribution in [-0.4, -0.2) is 74.4 Å². The second kappa shape index (κ2) is 14.1. The van der Waals surface area contributed by atoms with Gasteiger partial charge in [-0.05, 0) is 62.5 Å². The molecule has 0 saturated carbocycles. The van der Waals surface area contributed by atoms with Gasteiger partial charge in [-0.25, -0.2) is 13.4 Å². The third-order valence-electron chi connectivity index (χ3n) is 6.11. The third-order valence-corrected chi connectivity index (χ3v) is 9.22. The van der Waals surface area contributed by atoms with Crippen LogP contribution < -0.4 is 9.64 Å². The van der Waals surface area contributed by atoms with E-state index >= 15 is 0 Å². The molecule has 204 valence electrons. The van der Waals surface area contributed by atoms with Gasteiger partial charge in [0.05, 0.1) is 21.7 Å². The Bertz CT molecular complexity index is 1260. The number of ether oxygens (including phenoxy) is 1. The van der Waals surface area contributed by atoms with E-state index in [1.807, 2.05) is 39.0 Å². The summed E-state index contributed by atoms with van der Waals surface area (Å²) in [5.74, 6) is 0.559. The number of fused-ring (bicyclic) bond motifs is 1. The average molecular weight is 569 g/mol. The first-order valence-corrected chi connectivity index (χ1v) is 14.7. The van der Waals surface area contributed by atoms with Gasteiger partial charge in [-0.1, -0.05) is 39.0 Å². The Morgan fingerprint density at radius 1 is 0.919 bits per heavy atom. The molecule has 1 heterocycles. The molecule has 0 aliphatic heterocycles. The molecule has 3 rings (SSSR count). The maximum absolute atomic E-state index is 13.7. The molecule has 37 heavy (non-hydrogen) atoms. The highest BCUT2D eigenvalue weighted by atomic mass is 35.5. The predicted molar refractivity (Wildman–Crippen MR) is 154 cm³/mol. The number of likely N-dealkylation sites (N-methyl/N-ethyl adjacent to an activating group) is 1. The first-order valence-electron chi connectivity index (χ1n) is 12.5. The molecule has 0 N–H and O–H groups in total. The number of nitrogens with zero attached hydrogens (tertiary/aromatic N) is 4. The highest BCUT2D eigenvalue weighted by Crippen LogP contribution is 2.32. The highest BCUT2D eigenvalue weighted by molar-refractivity contribution is 7.89. The standard InChI is InChI=1S/C26H36N4O4S2.ClH/c1-6-28(7-2)17-18-30(26-27-23-16-13-21(34-10-5)19-24(23)35-26)25(31)20-11-14-22(15-12-20)36(32,33)29(8-3)9-4;/h11-16,19H,6-10,17-18H2,1-5H3;1H. The van der Waals surface area contributed by atoms with Crippen molar-refractivity contribution in [2.75, 3.05) is 50.8 Å². The molecule has 0 saturated heterocycles. The SMILES string of the molecule is CCOc1ccc2nc(N(CCN(CC)CC)C(=O)c3ccc(S(=O)(=O)N(CC)CC)cc3)sc2c1.Cl. The van der Waals surface area contributed by atoms with E-state index in [2.05, 4.69) is 18.7 Å². The Hall–Kier alpha value is -2.24. The van der Waals surface area contributed by atoms with Gasteiger partial charge in [-0.2, -0.15) is 4.31 Å². The molecular formula is C26H37ClN4O4S2. The van der Waals surface area contributed by atoms with Gasteiger partial charge >= 0.3 is 0 Å². The van der Waals surface area contributed by atoms with Crippen molar-refractivity contribution in [1.29, 1.82) is 0 Å². The van der Waals surface area contributed by atoms with E-state index in [1.54, 1.807) is 17.0 Å². The van der Waals surface area contributed by atoms with Crippen LogP contribution >= 0.6 is 23.7 Å². The van der Waals surface area contributed by atoms with Gasteiger partial charge < -0.3 is 9.64 Å². The maximum Gasteiger partial charge on any atom is 0.260 e. The number of benzene rings is 2. The normalized spacial score (nSPS) is 11.6. The summed E-state index contributed by atoms with van der Waals surface area (Å²) < 4.78 is 33.7. The number of halogens is 1. The van der Waals surface area contributed by atoms with Gasteiger partial charge in [0, 0.05) is 31.7 Å². The van der Waals surface area contributed by atoms with Crippen molar-refractivity contribution in [1.82, 2.24) is 14.2 Å². The van der Waals surface area contributed by atoms with E-state index in [9.17, 15) is 13.2 Å². The lowest BCUT2D eigenvalue weighted by Crippen LogP contribution is -2.39. The van der Waals surface area contributed by atoms with Gasteiger partial charge in [-0.15, -0.1) is 12.4 Å². The summed E-state index contributed by atoms with van der Waals surface area (Å²) in [6, 6.07) is 11.9. The van der Waals surface area contributed by atoms with E-state index in [-0.39, 0.29) is 23.2 Å². The van der Waals surface area contributed by atoms with Crippen molar-refractivity contribution < 1.29 is 17.9 Å². The number of thiazole rings is 1. The third kappa shape index (κ3) is 7.20. The minimum Gasteiger partial charge on any atom is -0.494 e. The summed E-state index contributed by atoms with van der Waals surface area (Å²) in [5.41, 5.74) is 1.22. The molecule has 0 spiro atoms. The molecule has 11 heteroatoms. The Balaban J connectivity index is 0.00000481. The van der Waals surface area contributed by atoms with E-state index < -0.39 is 10.0 Å². The van der Waals surface area contributed by atoms with Gasteiger partial charge in [0.2, 0.25) is 10.0 Å². The molecule has 2 aromatic carbocycles. The lowest BCUT2D eigenvalue weighted by molar-refractivity contribution is 0.0983. The first-order chi connectivity index (χ1) is 17.3. The fourth-order valence-corrected chi connectivity index (χ4v) is 6.44. The van der Waals surface area contributed by atoms with Crippen LogP contribution in [0.25, 0.3) is 10.2 Å². The number of sulfonamides is 1. The van der Waals surface area contributed by atoms with Crippen molar-refractivity contribution in [3.63, 3.8) is 0 Å². The Morgan fingerprint density at radius 3 is 2.14 bits per heavy atom. The van der Waals surface area contributed by atoms with Gasteiger partial charge in [0.25, 0.3) is 5.91 Å². The monoisotopic (exact) mass is 568 g/mol. The van der Waals surface area contributed by atoms with E-state index in [1.165, 1.54) is 27.8 Å². The highest BCUT2D eigenvalue weighted by Gasteiger charge is 2.25. The van der Waals surface area contributed by atoms with Crippen LogP contribution in [0.5, 0.6) is 5.75 Å². The summed E-state index contributed by atoms with van der Waals surface area (Å²) in [4.78, 5) is 22.5. The predicted octanol–water partition coefficient (Wildman–Crippen LogP) is 5.14. The Morgan fingerprint density at radius 2 is 1.57 bits per heavy atom. The average Bonchev–Trinajstić information content (AvgIpc) is 3.30. The topological polar surface area (TPSA) is 83.0 Å². The number of hydrogen-bond acceptors (Lipinski definition) is 7. The molecule has 0 unspecified atom stereocenters. The minimum atomic E-state index is -3.59. The number of carbonyl (C=O) groups is 1. The molecule has 8 nitrogen and oxygen atoms in total. The number of rotatable bonds is 13. The lowest BCUT2D eigenvalue weighted by atomic mass is 10.2. The van der Waals surface area contributed by atoms with Gasteiger partial charge in [0.15, 0.2) is 5.13 Å². The zero-order valence-corrected chi connectivity index (χ0v) is 24.6. The molecule has 1 amide bonds. The molecule has 0 aliphatic carbocycles. The van der Waals surface area contributed by atoms with Crippen molar-refractivity contribution in [2.45, 2.75) is 39.5 Å². The van der Waals surface area contributed by atoms with Crippen LogP contribution in [0.15, 0.2) is 47.4 Å². The molecule has 0 bridgehead atoms. The van der Waals surface area contributed by atoms with Crippen LogP contribution in [0.2, 0.25) is 0 Å². The molecule has 0 atom stereocenters. The van der Waals surface area contributed by atoms with Crippen molar-refractivity contribution in [2.24, 2.45) is 0 Å². The smallest absolute Gasteiger partial charge is 0.260 e. The van der Waals surface area contributed by atoms with Crippen molar-refractivity contribution in [3.05, 3.63) is 48.0 Å². The largest absolute Gasteiger partial charge is 0.494 e. The number of amides is 1. The Kier molecular flexibility index (Phi) is 11.8. The zero-order chi connectivity index (χ0) is 26.3. The first kappa shape index (κ1) is 31.0. The molecule has 0 radical (unpaired) electrons. The lowest BCUT2D eigenvalue weighted by Gasteiger charge is -2.25. The molecule has 1 aromatic heterocycles. The van der Waals surface area contributed by atoms with E-state index in [4.69, 9.17) is 9.72 Å². The molecule has 0 fully saturated rings. The quantitative estimate of drug-likeness (QED) is 0.284. The van der Waals surface area contributed by atoms with Gasteiger partial charge in [-0.3, -0.25) is 9.69 Å². The van der Waals surface area contributed by atoms with Crippen LogP contribution in [0.4, 0.5) is 5.13 Å². The fraction of sp³-hybridized carbons (Fsp3) is 0.462. The zero-order valence-electron chi connectivity index (χ0n) is 22.1. The maximum atomic E-state index is 13.7. The van der Waals surface area contributed by atoms with Crippen LogP contribution in [0.1, 0.15) is 45.0 Å². The van der Waals surface area contributed by atoms with E-state index in [0.717, 1.165) is 29.1 Å². The second-order valence-electron chi connectivity index (χ2n) is 8.16. The molecule has 3 aromatic rings. The van der Waals surface area contributed by atoms with Crippen LogP contribution in [0, 0.1) is 0 Å².